The number of sulfonamides is 1. The van der Waals surface area contributed by atoms with Gasteiger partial charge in [0.05, 0.1) is 12.3 Å². The Morgan fingerprint density at radius 1 is 1.28 bits per heavy atom. The standard InChI is InChI=1S/C12H13NO2S3/c1-18(14,15)13-6-4-10-9(5-8-17-10)12(13)11-3-2-7-16-11/h2-3,5,7-8,12H,4,6H2,1H3/t12-/m1/s1. The molecule has 0 radical (unpaired) electrons. The average molecular weight is 299 g/mol. The molecule has 0 spiro atoms. The van der Waals surface area contributed by atoms with Crippen LogP contribution in [0, 0.1) is 0 Å². The van der Waals surface area contributed by atoms with Crippen LogP contribution >= 0.6 is 22.7 Å². The van der Waals surface area contributed by atoms with E-state index in [4.69, 9.17) is 0 Å². The van der Waals surface area contributed by atoms with Crippen LogP contribution in [0.5, 0.6) is 0 Å². The summed E-state index contributed by atoms with van der Waals surface area (Å²) in [4.78, 5) is 2.41. The molecule has 3 nitrogen and oxygen atoms in total. The lowest BCUT2D eigenvalue weighted by Gasteiger charge is -2.33. The molecular weight excluding hydrogens is 286 g/mol. The predicted molar refractivity (Wildman–Crippen MR) is 75.7 cm³/mol. The van der Waals surface area contributed by atoms with E-state index in [-0.39, 0.29) is 6.04 Å². The van der Waals surface area contributed by atoms with Gasteiger partial charge in [-0.3, -0.25) is 0 Å². The van der Waals surface area contributed by atoms with Crippen LogP contribution in [0.1, 0.15) is 21.4 Å². The van der Waals surface area contributed by atoms with Crippen molar-refractivity contribution in [2.75, 3.05) is 12.8 Å². The first-order chi connectivity index (χ1) is 8.57. The van der Waals surface area contributed by atoms with Crippen LogP contribution in [0.3, 0.4) is 0 Å². The Morgan fingerprint density at radius 3 is 2.78 bits per heavy atom. The number of hydrogen-bond donors (Lipinski definition) is 0. The number of thiophene rings is 2. The smallest absolute Gasteiger partial charge is 0.212 e. The van der Waals surface area contributed by atoms with Crippen LogP contribution in [0.2, 0.25) is 0 Å². The van der Waals surface area contributed by atoms with E-state index >= 15 is 0 Å². The minimum Gasteiger partial charge on any atom is -0.212 e. The Hall–Kier alpha value is -0.690. The highest BCUT2D eigenvalue weighted by molar-refractivity contribution is 7.88. The largest absolute Gasteiger partial charge is 0.212 e. The monoisotopic (exact) mass is 299 g/mol. The highest BCUT2D eigenvalue weighted by Gasteiger charge is 2.35. The number of rotatable bonds is 2. The summed E-state index contributed by atoms with van der Waals surface area (Å²) in [5.74, 6) is 0. The molecule has 18 heavy (non-hydrogen) atoms. The van der Waals surface area contributed by atoms with Gasteiger partial charge in [0.25, 0.3) is 0 Å². The van der Waals surface area contributed by atoms with Gasteiger partial charge in [0, 0.05) is 16.3 Å². The maximum absolute atomic E-state index is 12.0. The summed E-state index contributed by atoms with van der Waals surface area (Å²) in [7, 11) is -3.18. The third kappa shape index (κ3) is 2.03. The zero-order valence-electron chi connectivity index (χ0n) is 9.87. The Morgan fingerprint density at radius 2 is 2.11 bits per heavy atom. The van der Waals surface area contributed by atoms with Crippen LogP contribution in [-0.4, -0.2) is 25.5 Å². The minimum atomic E-state index is -3.18. The van der Waals surface area contributed by atoms with Gasteiger partial charge in [-0.05, 0) is 34.9 Å². The van der Waals surface area contributed by atoms with Gasteiger partial charge in [0.1, 0.15) is 0 Å². The van der Waals surface area contributed by atoms with Gasteiger partial charge in [-0.25, -0.2) is 8.42 Å². The van der Waals surface area contributed by atoms with Gasteiger partial charge >= 0.3 is 0 Å². The molecule has 1 aliphatic heterocycles. The second kappa shape index (κ2) is 4.45. The van der Waals surface area contributed by atoms with Crippen LogP contribution < -0.4 is 0 Å². The zero-order chi connectivity index (χ0) is 12.8. The number of fused-ring (bicyclic) bond motifs is 1. The Bertz CT molecular complexity index is 643. The highest BCUT2D eigenvalue weighted by Crippen LogP contribution is 2.40. The molecule has 0 bridgehead atoms. The highest BCUT2D eigenvalue weighted by atomic mass is 32.2. The molecule has 3 rings (SSSR count). The molecule has 1 aliphatic rings. The molecule has 0 fully saturated rings. The first kappa shape index (κ1) is 12.3. The second-order valence-corrected chi connectivity index (χ2v) is 8.26. The first-order valence-electron chi connectivity index (χ1n) is 5.64. The van der Waals surface area contributed by atoms with E-state index in [0.717, 1.165) is 16.9 Å². The van der Waals surface area contributed by atoms with Crippen LogP contribution in [0.25, 0.3) is 0 Å². The van der Waals surface area contributed by atoms with E-state index in [1.807, 2.05) is 17.5 Å². The summed E-state index contributed by atoms with van der Waals surface area (Å²) < 4.78 is 25.5. The maximum atomic E-state index is 12.0. The van der Waals surface area contributed by atoms with Gasteiger partial charge < -0.3 is 0 Å². The van der Waals surface area contributed by atoms with E-state index in [0.29, 0.717) is 6.54 Å². The molecule has 0 unspecified atom stereocenters. The lowest BCUT2D eigenvalue weighted by atomic mass is 10.0. The molecule has 6 heteroatoms. The molecule has 0 amide bonds. The number of nitrogens with zero attached hydrogens (tertiary/aromatic N) is 1. The fraction of sp³-hybridized carbons (Fsp3) is 0.333. The predicted octanol–water partition coefficient (Wildman–Crippen LogP) is 2.72. The average Bonchev–Trinajstić information content (AvgIpc) is 2.97. The van der Waals surface area contributed by atoms with E-state index in [1.54, 1.807) is 27.0 Å². The summed E-state index contributed by atoms with van der Waals surface area (Å²) in [5, 5.41) is 4.05. The zero-order valence-corrected chi connectivity index (χ0v) is 12.3. The molecule has 1 atom stereocenters. The summed E-state index contributed by atoms with van der Waals surface area (Å²) in [6.45, 7) is 0.578. The van der Waals surface area contributed by atoms with Crippen LogP contribution in [0.4, 0.5) is 0 Å². The number of hydrogen-bond acceptors (Lipinski definition) is 4. The Kier molecular flexibility index (Phi) is 3.05. The van der Waals surface area contributed by atoms with Crippen molar-refractivity contribution < 1.29 is 8.42 Å². The molecule has 0 saturated heterocycles. The molecule has 3 heterocycles. The van der Waals surface area contributed by atoms with Crippen molar-refractivity contribution in [3.63, 3.8) is 0 Å². The van der Waals surface area contributed by atoms with Gasteiger partial charge in [0.15, 0.2) is 0 Å². The quantitative estimate of drug-likeness (QED) is 0.855. The molecule has 2 aromatic rings. The maximum Gasteiger partial charge on any atom is 0.212 e. The summed E-state index contributed by atoms with van der Waals surface area (Å²) in [6.07, 6.45) is 2.12. The van der Waals surface area contributed by atoms with Crippen molar-refractivity contribution in [2.24, 2.45) is 0 Å². The Labute approximate surface area is 115 Å². The SMILES string of the molecule is CS(=O)(=O)N1CCc2sccc2[C@@H]1c1cccs1. The molecule has 0 saturated carbocycles. The van der Waals surface area contributed by atoms with Crippen molar-refractivity contribution in [1.29, 1.82) is 0 Å². The molecule has 0 N–H and O–H groups in total. The van der Waals surface area contributed by atoms with E-state index < -0.39 is 10.0 Å². The fourth-order valence-corrected chi connectivity index (χ4v) is 5.25. The summed E-state index contributed by atoms with van der Waals surface area (Å²) in [6, 6.07) is 5.92. The first-order valence-corrected chi connectivity index (χ1v) is 9.24. The van der Waals surface area contributed by atoms with Gasteiger partial charge in [-0.1, -0.05) is 6.07 Å². The minimum absolute atomic E-state index is 0.130. The Balaban J connectivity index is 2.14. The molecule has 96 valence electrons. The van der Waals surface area contributed by atoms with E-state index in [2.05, 4.69) is 11.4 Å². The van der Waals surface area contributed by atoms with Gasteiger partial charge in [0.2, 0.25) is 10.0 Å². The third-order valence-electron chi connectivity index (χ3n) is 3.16. The van der Waals surface area contributed by atoms with Crippen LogP contribution in [0.15, 0.2) is 29.0 Å². The van der Waals surface area contributed by atoms with E-state index in [9.17, 15) is 8.42 Å². The van der Waals surface area contributed by atoms with Crippen molar-refractivity contribution in [1.82, 2.24) is 4.31 Å². The fourth-order valence-electron chi connectivity index (χ4n) is 2.39. The summed E-state index contributed by atoms with van der Waals surface area (Å²) in [5.41, 5.74) is 1.15. The van der Waals surface area contributed by atoms with Crippen molar-refractivity contribution >= 4 is 32.7 Å². The molecule has 0 aromatic carbocycles. The molecule has 0 aliphatic carbocycles. The third-order valence-corrected chi connectivity index (χ3v) is 6.33. The lowest BCUT2D eigenvalue weighted by Crippen LogP contribution is -2.39. The van der Waals surface area contributed by atoms with Gasteiger partial charge in [-0.15, -0.1) is 22.7 Å². The summed E-state index contributed by atoms with van der Waals surface area (Å²) >= 11 is 3.34. The van der Waals surface area contributed by atoms with Crippen molar-refractivity contribution in [3.05, 3.63) is 44.3 Å². The van der Waals surface area contributed by atoms with Crippen molar-refractivity contribution in [2.45, 2.75) is 12.5 Å². The molecule has 2 aromatic heterocycles. The topological polar surface area (TPSA) is 37.4 Å². The lowest BCUT2D eigenvalue weighted by molar-refractivity contribution is 0.353. The van der Waals surface area contributed by atoms with Gasteiger partial charge in [-0.2, -0.15) is 4.31 Å². The molecular formula is C12H13NO2S3. The second-order valence-electron chi connectivity index (χ2n) is 4.34. The van der Waals surface area contributed by atoms with Crippen LogP contribution in [-0.2, 0) is 16.4 Å². The normalized spacial score (nSPS) is 20.8. The van der Waals surface area contributed by atoms with E-state index in [1.165, 1.54) is 11.1 Å². The van der Waals surface area contributed by atoms with Crippen molar-refractivity contribution in [3.8, 4) is 0 Å².